The Labute approximate surface area is 186 Å². The Morgan fingerprint density at radius 1 is 0.759 bits per heavy atom. The van der Waals surface area contributed by atoms with Crippen LogP contribution in [0.4, 0.5) is 0 Å². The maximum atomic E-state index is 13.0. The first-order chi connectivity index (χ1) is 13.5. The van der Waals surface area contributed by atoms with Crippen LogP contribution in [0.2, 0.25) is 20.1 Å². The molecule has 1 atom stereocenters. The Kier molecular flexibility index (Phi) is 5.98. The van der Waals surface area contributed by atoms with E-state index < -0.39 is 26.4 Å². The van der Waals surface area contributed by atoms with Gasteiger partial charge in [0.1, 0.15) is 11.5 Å². The molecule has 29 heavy (non-hydrogen) atoms. The van der Waals surface area contributed by atoms with Crippen LogP contribution < -0.4 is 0 Å². The van der Waals surface area contributed by atoms with Gasteiger partial charge in [0.2, 0.25) is 0 Å². The van der Waals surface area contributed by atoms with E-state index in [-0.39, 0.29) is 36.8 Å². The van der Waals surface area contributed by atoms with Crippen molar-refractivity contribution in [2.75, 3.05) is 0 Å². The summed E-state index contributed by atoms with van der Waals surface area (Å²) in [5, 5.41) is 20.1. The summed E-state index contributed by atoms with van der Waals surface area (Å²) in [6.45, 7) is 0. The number of phenolic OH excluding ortho intramolecular Hbond substituents is 2. The number of hydrogen-bond acceptors (Lipinski definition) is 4. The molecule has 0 aliphatic rings. The summed E-state index contributed by atoms with van der Waals surface area (Å²) in [6, 6.07) is 11.8. The van der Waals surface area contributed by atoms with E-state index in [2.05, 4.69) is 0 Å². The van der Waals surface area contributed by atoms with Crippen LogP contribution in [0.15, 0.2) is 54.6 Å². The third-order valence-electron chi connectivity index (χ3n) is 4.40. The Balaban J connectivity index is 2.63. The van der Waals surface area contributed by atoms with Gasteiger partial charge < -0.3 is 10.2 Å². The highest BCUT2D eigenvalue weighted by Gasteiger charge is 2.51. The van der Waals surface area contributed by atoms with Crippen LogP contribution >= 0.6 is 46.4 Å². The maximum absolute atomic E-state index is 13.0. The molecule has 152 valence electrons. The largest absolute Gasteiger partial charge is 0.506 e. The molecule has 0 bridgehead atoms. The zero-order valence-electron chi connectivity index (χ0n) is 14.3. The fraction of sp³-hybridized carbons (Fsp3) is 0.0526. The molecule has 0 aromatic heterocycles. The first-order valence-corrected chi connectivity index (χ1v) is 10.8. The monoisotopic (exact) mass is 492 g/mol. The molecule has 5 nitrogen and oxygen atoms in total. The van der Waals surface area contributed by atoms with Crippen LogP contribution in [0.5, 0.6) is 11.5 Å². The number of para-hydroxylation sites is 1. The van der Waals surface area contributed by atoms with Gasteiger partial charge in [-0.1, -0.05) is 70.7 Å². The Hall–Kier alpha value is -1.67. The van der Waals surface area contributed by atoms with Crippen LogP contribution in [0.25, 0.3) is 0 Å². The van der Waals surface area contributed by atoms with Crippen molar-refractivity contribution in [2.45, 2.75) is 4.75 Å². The second kappa shape index (κ2) is 7.87. The highest BCUT2D eigenvalue weighted by molar-refractivity contribution is 7.87. The molecule has 0 saturated carbocycles. The van der Waals surface area contributed by atoms with Gasteiger partial charge in [-0.3, -0.25) is 4.55 Å². The Morgan fingerprint density at radius 3 is 2.03 bits per heavy atom. The molecule has 3 aromatic carbocycles. The van der Waals surface area contributed by atoms with Gasteiger partial charge in [-0.2, -0.15) is 8.42 Å². The fourth-order valence-corrected chi connectivity index (χ4v) is 5.39. The van der Waals surface area contributed by atoms with Crippen LogP contribution in [-0.2, 0) is 14.9 Å². The van der Waals surface area contributed by atoms with Gasteiger partial charge in [-0.05, 0) is 29.8 Å². The summed E-state index contributed by atoms with van der Waals surface area (Å²) >= 11 is 24.4. The summed E-state index contributed by atoms with van der Waals surface area (Å²) in [6.07, 6.45) is 0. The smallest absolute Gasteiger partial charge is 0.283 e. The van der Waals surface area contributed by atoms with Gasteiger partial charge in [0.25, 0.3) is 10.1 Å². The lowest BCUT2D eigenvalue weighted by molar-refractivity contribution is 0.440. The molecule has 10 heteroatoms. The number of halogens is 4. The second-order valence-corrected chi connectivity index (χ2v) is 9.31. The van der Waals surface area contributed by atoms with E-state index in [0.29, 0.717) is 0 Å². The molecule has 3 rings (SSSR count). The van der Waals surface area contributed by atoms with Crippen LogP contribution in [0, 0.1) is 0 Å². The lowest BCUT2D eigenvalue weighted by Gasteiger charge is -2.34. The fourth-order valence-electron chi connectivity index (χ4n) is 3.20. The van der Waals surface area contributed by atoms with Gasteiger partial charge in [0.05, 0.1) is 10.0 Å². The van der Waals surface area contributed by atoms with Crippen molar-refractivity contribution in [3.63, 3.8) is 0 Å². The normalized spacial score (nSPS) is 13.8. The predicted molar refractivity (Wildman–Crippen MR) is 114 cm³/mol. The molecule has 3 aromatic rings. The molecule has 0 saturated heterocycles. The molecule has 0 amide bonds. The lowest BCUT2D eigenvalue weighted by Crippen LogP contribution is -2.38. The predicted octanol–water partition coefficient (Wildman–Crippen LogP) is 5.89. The first kappa shape index (κ1) is 22.0. The van der Waals surface area contributed by atoms with Gasteiger partial charge in [-0.15, -0.1) is 0 Å². The SMILES string of the molecule is O=S(=O)(O)C(c1cccc(Cl)c1)(c1cc(Cl)c(O)cc1Cl)c1cccc(Cl)c1O. The third kappa shape index (κ3) is 3.65. The van der Waals surface area contributed by atoms with Gasteiger partial charge in [0, 0.05) is 27.2 Å². The van der Waals surface area contributed by atoms with Crippen molar-refractivity contribution in [3.8, 4) is 11.5 Å². The first-order valence-electron chi connectivity index (χ1n) is 7.89. The standard InChI is InChI=1S/C19H12Cl4O5S/c20-11-4-1-3-10(7-11)19(29(26,27)28,12-5-2-6-14(21)18(12)25)13-8-16(23)17(24)9-15(13)22/h1-9,24-25H,(H,26,27,28). The molecular weight excluding hydrogens is 482 g/mol. The Bertz CT molecular complexity index is 1210. The number of rotatable bonds is 4. The minimum atomic E-state index is -5.10. The van der Waals surface area contributed by atoms with E-state index in [1.807, 2.05) is 0 Å². The molecule has 0 spiro atoms. The van der Waals surface area contributed by atoms with E-state index in [1.165, 1.54) is 42.5 Å². The number of hydrogen-bond donors (Lipinski definition) is 3. The zero-order valence-corrected chi connectivity index (χ0v) is 18.1. The zero-order chi connectivity index (χ0) is 21.6. The highest BCUT2D eigenvalue weighted by Crippen LogP contribution is 2.51. The highest BCUT2D eigenvalue weighted by atomic mass is 35.5. The Morgan fingerprint density at radius 2 is 1.41 bits per heavy atom. The van der Waals surface area contributed by atoms with E-state index in [4.69, 9.17) is 46.4 Å². The third-order valence-corrected chi connectivity index (χ3v) is 7.00. The molecule has 0 aliphatic carbocycles. The van der Waals surface area contributed by atoms with E-state index in [9.17, 15) is 23.2 Å². The number of phenols is 2. The molecule has 0 aliphatic heterocycles. The molecule has 3 N–H and O–H groups in total. The molecular formula is C19H12Cl4O5S. The van der Waals surface area contributed by atoms with Crippen molar-refractivity contribution in [1.82, 2.24) is 0 Å². The molecule has 0 fully saturated rings. The van der Waals surface area contributed by atoms with Gasteiger partial charge in [0.15, 0.2) is 4.75 Å². The number of aromatic hydroxyl groups is 2. The van der Waals surface area contributed by atoms with Crippen LogP contribution in [0.1, 0.15) is 16.7 Å². The van der Waals surface area contributed by atoms with E-state index in [1.54, 1.807) is 0 Å². The minimum absolute atomic E-state index is 0.0336. The minimum Gasteiger partial charge on any atom is -0.506 e. The van der Waals surface area contributed by atoms with Gasteiger partial charge >= 0.3 is 0 Å². The second-order valence-electron chi connectivity index (χ2n) is 6.09. The van der Waals surface area contributed by atoms with Crippen molar-refractivity contribution in [2.24, 2.45) is 0 Å². The summed E-state index contributed by atoms with van der Waals surface area (Å²) in [5.41, 5.74) is -0.531. The maximum Gasteiger partial charge on any atom is 0.283 e. The van der Waals surface area contributed by atoms with Crippen molar-refractivity contribution >= 4 is 56.5 Å². The average molecular weight is 494 g/mol. The lowest BCUT2D eigenvalue weighted by atomic mass is 9.83. The summed E-state index contributed by atoms with van der Waals surface area (Å²) in [5.74, 6) is -0.988. The van der Waals surface area contributed by atoms with Gasteiger partial charge in [-0.25, -0.2) is 0 Å². The van der Waals surface area contributed by atoms with Crippen LogP contribution in [0.3, 0.4) is 0 Å². The quantitative estimate of drug-likeness (QED) is 0.311. The van der Waals surface area contributed by atoms with Crippen molar-refractivity contribution < 1.29 is 23.2 Å². The van der Waals surface area contributed by atoms with Crippen molar-refractivity contribution in [1.29, 1.82) is 0 Å². The molecule has 1 unspecified atom stereocenters. The number of benzene rings is 3. The van der Waals surface area contributed by atoms with Crippen LogP contribution in [-0.4, -0.2) is 23.2 Å². The molecule has 0 radical (unpaired) electrons. The van der Waals surface area contributed by atoms with E-state index in [0.717, 1.165) is 12.1 Å². The van der Waals surface area contributed by atoms with Crippen molar-refractivity contribution in [3.05, 3.63) is 91.4 Å². The topological polar surface area (TPSA) is 94.8 Å². The average Bonchev–Trinajstić information content (AvgIpc) is 2.62. The molecule has 0 heterocycles. The summed E-state index contributed by atoms with van der Waals surface area (Å²) < 4.78 is 34.0. The summed E-state index contributed by atoms with van der Waals surface area (Å²) in [4.78, 5) is 0. The van der Waals surface area contributed by atoms with E-state index >= 15 is 0 Å². The summed E-state index contributed by atoms with van der Waals surface area (Å²) in [7, 11) is -5.10.